The zero-order valence-corrected chi connectivity index (χ0v) is 16.6. The maximum atomic E-state index is 12.4. The van der Waals surface area contributed by atoms with Gasteiger partial charge in [-0.2, -0.15) is 0 Å². The number of nitrogens with one attached hydrogen (secondary N) is 1. The second kappa shape index (κ2) is 10.7. The van der Waals surface area contributed by atoms with Gasteiger partial charge in [-0.1, -0.05) is 30.3 Å². The van der Waals surface area contributed by atoms with Crippen molar-refractivity contribution in [3.63, 3.8) is 0 Å². The number of nitrogens with zero attached hydrogens (tertiary/aromatic N) is 3. The van der Waals surface area contributed by atoms with Crippen LogP contribution in [0.25, 0.3) is 6.08 Å². The number of ether oxygens (including phenoxy) is 1. The third-order valence-electron chi connectivity index (χ3n) is 5.09. The molecule has 0 spiro atoms. The second-order valence-electron chi connectivity index (χ2n) is 7.11. The minimum atomic E-state index is -0.304. The summed E-state index contributed by atoms with van der Waals surface area (Å²) in [7, 11) is 0. The number of carbonyl (C=O) groups excluding carboxylic acids is 3. The molecule has 0 atom stereocenters. The van der Waals surface area contributed by atoms with E-state index in [9.17, 15) is 14.4 Å². The molecule has 2 aliphatic rings. The normalized spacial score (nSPS) is 18.1. The fraction of sp³-hybridized carbons (Fsp3) is 0.476. The molecule has 3 amide bonds. The van der Waals surface area contributed by atoms with Crippen molar-refractivity contribution >= 4 is 23.8 Å². The summed E-state index contributed by atoms with van der Waals surface area (Å²) in [6.45, 7) is 5.29. The molecule has 0 bridgehead atoms. The summed E-state index contributed by atoms with van der Waals surface area (Å²) < 4.78 is 5.30. The first kappa shape index (κ1) is 21.0. The molecule has 0 radical (unpaired) electrons. The summed E-state index contributed by atoms with van der Waals surface area (Å²) in [5, 5.41) is 2.62. The summed E-state index contributed by atoms with van der Waals surface area (Å²) >= 11 is 0. The van der Waals surface area contributed by atoms with E-state index < -0.39 is 0 Å². The second-order valence-corrected chi connectivity index (χ2v) is 7.11. The summed E-state index contributed by atoms with van der Waals surface area (Å²) in [6.07, 6.45) is 3.13. The Hall–Kier alpha value is -2.71. The molecule has 8 heteroatoms. The third kappa shape index (κ3) is 6.69. The van der Waals surface area contributed by atoms with Gasteiger partial charge in [0.15, 0.2) is 0 Å². The van der Waals surface area contributed by atoms with E-state index in [0.717, 1.165) is 18.7 Å². The molecule has 3 rings (SSSR count). The van der Waals surface area contributed by atoms with Crippen molar-refractivity contribution in [2.45, 2.75) is 0 Å². The first-order valence-electron chi connectivity index (χ1n) is 9.98. The fourth-order valence-corrected chi connectivity index (χ4v) is 3.33. The van der Waals surface area contributed by atoms with Gasteiger partial charge in [0.2, 0.25) is 17.7 Å². The Morgan fingerprint density at radius 1 is 0.897 bits per heavy atom. The molecule has 0 aliphatic carbocycles. The van der Waals surface area contributed by atoms with E-state index >= 15 is 0 Å². The van der Waals surface area contributed by atoms with E-state index in [1.54, 1.807) is 15.9 Å². The standard InChI is InChI=1S/C21H28N4O4/c26-19(7-6-18-4-2-1-3-5-18)22-16-20(27)24-8-10-25(11-9-24)21(28)17-23-12-14-29-15-13-23/h1-7H,8-17H2,(H,22,26)/b7-6+. The van der Waals surface area contributed by atoms with Crippen molar-refractivity contribution in [1.82, 2.24) is 20.0 Å². The largest absolute Gasteiger partial charge is 0.379 e. The summed E-state index contributed by atoms with van der Waals surface area (Å²) in [5.74, 6) is -0.341. The molecule has 1 aromatic carbocycles. The average Bonchev–Trinajstić information content (AvgIpc) is 2.77. The Labute approximate surface area is 171 Å². The predicted molar refractivity (Wildman–Crippen MR) is 109 cm³/mol. The van der Waals surface area contributed by atoms with Crippen LogP contribution in [0.3, 0.4) is 0 Å². The molecule has 29 heavy (non-hydrogen) atoms. The first-order valence-corrected chi connectivity index (χ1v) is 9.98. The Morgan fingerprint density at radius 2 is 1.52 bits per heavy atom. The smallest absolute Gasteiger partial charge is 0.244 e. The van der Waals surface area contributed by atoms with Crippen LogP contribution in [-0.2, 0) is 19.1 Å². The lowest BCUT2D eigenvalue weighted by Gasteiger charge is -2.36. The van der Waals surface area contributed by atoms with Crippen molar-refractivity contribution < 1.29 is 19.1 Å². The van der Waals surface area contributed by atoms with Crippen LogP contribution in [0.15, 0.2) is 36.4 Å². The van der Waals surface area contributed by atoms with E-state index in [1.807, 2.05) is 30.3 Å². The maximum Gasteiger partial charge on any atom is 0.244 e. The van der Waals surface area contributed by atoms with Gasteiger partial charge >= 0.3 is 0 Å². The van der Waals surface area contributed by atoms with E-state index in [-0.39, 0.29) is 24.3 Å². The van der Waals surface area contributed by atoms with E-state index in [0.29, 0.717) is 45.9 Å². The molecule has 0 saturated carbocycles. The summed E-state index contributed by atoms with van der Waals surface area (Å²) in [6, 6.07) is 9.49. The molecular weight excluding hydrogens is 372 g/mol. The number of hydrogen-bond acceptors (Lipinski definition) is 5. The molecule has 2 aliphatic heterocycles. The van der Waals surface area contributed by atoms with Gasteiger partial charge < -0.3 is 19.9 Å². The van der Waals surface area contributed by atoms with Crippen LogP contribution in [0.1, 0.15) is 5.56 Å². The lowest BCUT2D eigenvalue weighted by molar-refractivity contribution is -0.140. The maximum absolute atomic E-state index is 12.4. The van der Waals surface area contributed by atoms with E-state index in [4.69, 9.17) is 4.74 Å². The highest BCUT2D eigenvalue weighted by Gasteiger charge is 2.25. The minimum Gasteiger partial charge on any atom is -0.379 e. The summed E-state index contributed by atoms with van der Waals surface area (Å²) in [5.41, 5.74) is 0.923. The highest BCUT2D eigenvalue weighted by atomic mass is 16.5. The van der Waals surface area contributed by atoms with Gasteiger partial charge in [0.25, 0.3) is 0 Å². The third-order valence-corrected chi connectivity index (χ3v) is 5.09. The number of carbonyl (C=O) groups is 3. The number of rotatable bonds is 6. The molecule has 0 aromatic heterocycles. The highest BCUT2D eigenvalue weighted by molar-refractivity contribution is 5.94. The van der Waals surface area contributed by atoms with Crippen molar-refractivity contribution in [2.75, 3.05) is 65.6 Å². The summed E-state index contributed by atoms with van der Waals surface area (Å²) in [4.78, 5) is 42.3. The van der Waals surface area contributed by atoms with Gasteiger partial charge in [-0.15, -0.1) is 0 Å². The number of amides is 3. The van der Waals surface area contributed by atoms with Crippen molar-refractivity contribution in [2.24, 2.45) is 0 Å². The monoisotopic (exact) mass is 400 g/mol. The molecule has 2 saturated heterocycles. The lowest BCUT2D eigenvalue weighted by atomic mass is 10.2. The van der Waals surface area contributed by atoms with Crippen LogP contribution in [0.2, 0.25) is 0 Å². The van der Waals surface area contributed by atoms with Crippen molar-refractivity contribution in [1.29, 1.82) is 0 Å². The topological polar surface area (TPSA) is 82.2 Å². The van der Waals surface area contributed by atoms with Crippen LogP contribution < -0.4 is 5.32 Å². The molecule has 1 N–H and O–H groups in total. The quantitative estimate of drug-likeness (QED) is 0.670. The molecule has 156 valence electrons. The number of benzene rings is 1. The fourth-order valence-electron chi connectivity index (χ4n) is 3.33. The average molecular weight is 400 g/mol. The van der Waals surface area contributed by atoms with Crippen LogP contribution in [0.4, 0.5) is 0 Å². The van der Waals surface area contributed by atoms with Gasteiger partial charge in [-0.05, 0) is 11.6 Å². The molecule has 2 heterocycles. The first-order chi connectivity index (χ1) is 14.1. The van der Waals surface area contributed by atoms with Crippen LogP contribution in [-0.4, -0.2) is 98.0 Å². The Morgan fingerprint density at radius 3 is 2.17 bits per heavy atom. The van der Waals surface area contributed by atoms with Gasteiger partial charge in [0.05, 0.1) is 26.3 Å². The van der Waals surface area contributed by atoms with Gasteiger partial charge in [-0.3, -0.25) is 19.3 Å². The predicted octanol–water partition coefficient (Wildman–Crippen LogP) is -0.181. The van der Waals surface area contributed by atoms with E-state index in [1.165, 1.54) is 6.08 Å². The van der Waals surface area contributed by atoms with E-state index in [2.05, 4.69) is 10.2 Å². The lowest BCUT2D eigenvalue weighted by Crippen LogP contribution is -2.54. The number of hydrogen-bond donors (Lipinski definition) is 1. The van der Waals surface area contributed by atoms with Gasteiger partial charge in [-0.25, -0.2) is 0 Å². The minimum absolute atomic E-state index is 0.0420. The SMILES string of the molecule is O=C(/C=C/c1ccccc1)NCC(=O)N1CCN(C(=O)CN2CCOCC2)CC1. The number of piperazine rings is 1. The number of morpholine rings is 1. The van der Waals surface area contributed by atoms with Crippen LogP contribution in [0.5, 0.6) is 0 Å². The molecule has 0 unspecified atom stereocenters. The molecule has 1 aromatic rings. The Bertz CT molecular complexity index is 723. The van der Waals surface area contributed by atoms with Gasteiger partial charge in [0, 0.05) is 45.3 Å². The molecule has 8 nitrogen and oxygen atoms in total. The zero-order chi connectivity index (χ0) is 20.5. The van der Waals surface area contributed by atoms with Crippen LogP contribution >= 0.6 is 0 Å². The zero-order valence-electron chi connectivity index (χ0n) is 16.6. The Balaban J connectivity index is 1.35. The highest BCUT2D eigenvalue weighted by Crippen LogP contribution is 2.05. The molecule has 2 fully saturated rings. The molecular formula is C21H28N4O4. The van der Waals surface area contributed by atoms with Crippen molar-refractivity contribution in [3.05, 3.63) is 42.0 Å². The van der Waals surface area contributed by atoms with Crippen molar-refractivity contribution in [3.8, 4) is 0 Å². The van der Waals surface area contributed by atoms with Gasteiger partial charge in [0.1, 0.15) is 0 Å². The van der Waals surface area contributed by atoms with Crippen LogP contribution in [0, 0.1) is 0 Å². The Kier molecular flexibility index (Phi) is 7.77.